The van der Waals surface area contributed by atoms with E-state index in [-0.39, 0.29) is 0 Å². The third-order valence-corrected chi connectivity index (χ3v) is 0.830. The number of hydrogen-bond donors (Lipinski definition) is 0. The molecule has 0 spiro atoms. The molecule has 3 nitrogen and oxygen atoms in total. The van der Waals surface area contributed by atoms with E-state index in [2.05, 4.69) is 4.74 Å². The van der Waals surface area contributed by atoms with Crippen LogP contribution in [0.5, 0.6) is 0 Å². The summed E-state index contributed by atoms with van der Waals surface area (Å²) in [5, 5.41) is 0. The zero-order chi connectivity index (χ0) is 8.15. The molecule has 0 fully saturated rings. The summed E-state index contributed by atoms with van der Waals surface area (Å²) in [6.07, 6.45) is -0.697. The lowest BCUT2D eigenvalue weighted by molar-refractivity contribution is -0.0921. The Bertz CT molecular complexity index is 115. The fourth-order valence-electron chi connectivity index (χ4n) is 0.422. The Kier molecular flexibility index (Phi) is 4.77. The summed E-state index contributed by atoms with van der Waals surface area (Å²) < 4.78 is 9.18. The van der Waals surface area contributed by atoms with Gasteiger partial charge in [-0.3, -0.25) is 0 Å². The van der Waals surface area contributed by atoms with E-state index >= 15 is 0 Å². The first-order chi connectivity index (χ1) is 4.52. The Labute approximate surface area is 69.2 Å². The van der Waals surface area contributed by atoms with Gasteiger partial charge in [0.2, 0.25) is 6.29 Å². The molecular formula is C5H8Cl2O3. The molecule has 0 N–H and O–H groups in total. The van der Waals surface area contributed by atoms with Gasteiger partial charge in [-0.1, -0.05) is 11.6 Å². The highest BCUT2D eigenvalue weighted by Gasteiger charge is 2.08. The molecule has 2 unspecified atom stereocenters. The van der Waals surface area contributed by atoms with E-state index in [0.717, 1.165) is 0 Å². The van der Waals surface area contributed by atoms with Gasteiger partial charge in [-0.2, -0.15) is 0 Å². The maximum Gasteiger partial charge on any atom is 0.406 e. The van der Waals surface area contributed by atoms with Crippen molar-refractivity contribution in [2.45, 2.75) is 25.7 Å². The molecule has 0 saturated carbocycles. The average Bonchev–Trinajstić information content (AvgIpc) is 1.58. The van der Waals surface area contributed by atoms with Gasteiger partial charge in [0.15, 0.2) is 0 Å². The summed E-state index contributed by atoms with van der Waals surface area (Å²) in [6, 6.07) is 0. The Morgan fingerprint density at radius 3 is 2.30 bits per heavy atom. The van der Waals surface area contributed by atoms with Gasteiger partial charge >= 0.3 is 5.43 Å². The van der Waals surface area contributed by atoms with Crippen molar-refractivity contribution in [2.75, 3.05) is 0 Å². The maximum absolute atomic E-state index is 10.1. The van der Waals surface area contributed by atoms with Crippen LogP contribution in [0.25, 0.3) is 0 Å². The van der Waals surface area contributed by atoms with Crippen LogP contribution >= 0.6 is 23.2 Å². The quantitative estimate of drug-likeness (QED) is 0.386. The molecule has 0 aromatic carbocycles. The van der Waals surface area contributed by atoms with E-state index in [1.54, 1.807) is 6.92 Å². The third-order valence-electron chi connectivity index (χ3n) is 0.638. The van der Waals surface area contributed by atoms with Gasteiger partial charge in [-0.05, 0) is 13.8 Å². The Morgan fingerprint density at radius 1 is 1.50 bits per heavy atom. The molecule has 5 heteroatoms. The monoisotopic (exact) mass is 186 g/mol. The molecule has 0 rings (SSSR count). The van der Waals surface area contributed by atoms with Crippen LogP contribution < -0.4 is 0 Å². The number of hydrogen-bond acceptors (Lipinski definition) is 3. The molecule has 0 aliphatic heterocycles. The second-order valence-corrected chi connectivity index (χ2v) is 2.53. The van der Waals surface area contributed by atoms with Crippen molar-refractivity contribution >= 4 is 28.6 Å². The second-order valence-electron chi connectivity index (χ2n) is 1.60. The lowest BCUT2D eigenvalue weighted by atomic mass is 10.7. The van der Waals surface area contributed by atoms with E-state index in [1.807, 2.05) is 0 Å². The minimum Gasteiger partial charge on any atom is -0.424 e. The van der Waals surface area contributed by atoms with Gasteiger partial charge in [0, 0.05) is 11.6 Å². The number of carbonyl (C=O) groups is 1. The van der Waals surface area contributed by atoms with Crippen LogP contribution in [-0.2, 0) is 9.47 Å². The van der Waals surface area contributed by atoms with E-state index in [0.29, 0.717) is 0 Å². The summed E-state index contributed by atoms with van der Waals surface area (Å²) in [5.74, 6) is 0. The summed E-state index contributed by atoms with van der Waals surface area (Å²) in [7, 11) is 0. The Balaban J connectivity index is 3.43. The smallest absolute Gasteiger partial charge is 0.406 e. The third kappa shape index (κ3) is 6.13. The maximum atomic E-state index is 10.1. The van der Waals surface area contributed by atoms with Gasteiger partial charge in [-0.25, -0.2) is 4.79 Å². The number of carbonyl (C=O) groups excluding carboxylic acids is 1. The van der Waals surface area contributed by atoms with Gasteiger partial charge < -0.3 is 9.47 Å². The van der Waals surface area contributed by atoms with Gasteiger partial charge in [-0.15, -0.1) is 0 Å². The molecule has 0 radical (unpaired) electrons. The standard InChI is InChI=1S/C5H8Cl2O3/c1-3(6)9-4(2)10-5(7)8/h3-4H,1-2H3. The summed E-state index contributed by atoms with van der Waals surface area (Å²) >= 11 is 10.3. The molecule has 0 heterocycles. The molecule has 0 aromatic heterocycles. The summed E-state index contributed by atoms with van der Waals surface area (Å²) in [4.78, 5) is 10.1. The molecule has 0 bridgehead atoms. The van der Waals surface area contributed by atoms with Gasteiger partial charge in [0.25, 0.3) is 0 Å². The molecule has 2 atom stereocenters. The second kappa shape index (κ2) is 4.77. The zero-order valence-corrected chi connectivity index (χ0v) is 7.15. The predicted octanol–water partition coefficient (Wildman–Crippen LogP) is 2.31. The number of alkyl halides is 1. The van der Waals surface area contributed by atoms with Crippen LogP contribution in [0.1, 0.15) is 13.8 Å². The molecule has 60 valence electrons. The first-order valence-electron chi connectivity index (χ1n) is 2.68. The van der Waals surface area contributed by atoms with E-state index < -0.39 is 17.3 Å². The zero-order valence-electron chi connectivity index (χ0n) is 5.64. The number of rotatable bonds is 3. The van der Waals surface area contributed by atoms with Crippen molar-refractivity contribution in [3.8, 4) is 0 Å². The van der Waals surface area contributed by atoms with Gasteiger partial charge in [0.05, 0.1) is 0 Å². The van der Waals surface area contributed by atoms with Crippen molar-refractivity contribution in [2.24, 2.45) is 0 Å². The van der Waals surface area contributed by atoms with Crippen molar-refractivity contribution in [1.29, 1.82) is 0 Å². The fourth-order valence-corrected chi connectivity index (χ4v) is 0.693. The van der Waals surface area contributed by atoms with E-state index in [1.165, 1.54) is 6.92 Å². The van der Waals surface area contributed by atoms with Crippen LogP contribution in [0.15, 0.2) is 0 Å². The molecule has 0 aliphatic rings. The lowest BCUT2D eigenvalue weighted by Gasteiger charge is -2.12. The van der Waals surface area contributed by atoms with Crippen LogP contribution in [0.2, 0.25) is 0 Å². The lowest BCUT2D eigenvalue weighted by Crippen LogP contribution is -2.17. The number of ether oxygens (including phenoxy) is 2. The molecule has 0 amide bonds. The normalized spacial score (nSPS) is 16.0. The first-order valence-corrected chi connectivity index (χ1v) is 3.49. The van der Waals surface area contributed by atoms with Crippen molar-refractivity contribution in [3.63, 3.8) is 0 Å². The molecule has 0 saturated heterocycles. The van der Waals surface area contributed by atoms with Crippen molar-refractivity contribution < 1.29 is 14.3 Å². The molecule has 0 aliphatic carbocycles. The molecular weight excluding hydrogens is 179 g/mol. The minimum absolute atomic E-state index is 0.494. The largest absolute Gasteiger partial charge is 0.424 e. The van der Waals surface area contributed by atoms with E-state index in [4.69, 9.17) is 27.9 Å². The van der Waals surface area contributed by atoms with Crippen molar-refractivity contribution in [1.82, 2.24) is 0 Å². The average molecular weight is 187 g/mol. The minimum atomic E-state index is -0.898. The number of halogens is 2. The van der Waals surface area contributed by atoms with Crippen LogP contribution in [0.3, 0.4) is 0 Å². The Hall–Kier alpha value is 0.01000. The Morgan fingerprint density at radius 2 is 2.00 bits per heavy atom. The summed E-state index contributed by atoms with van der Waals surface area (Å²) in [6.45, 7) is 3.14. The van der Waals surface area contributed by atoms with Gasteiger partial charge in [0.1, 0.15) is 5.56 Å². The SMILES string of the molecule is CC(Cl)OC(C)OC(=O)Cl. The first kappa shape index (κ1) is 10.0. The highest BCUT2D eigenvalue weighted by Crippen LogP contribution is 2.04. The predicted molar refractivity (Wildman–Crippen MR) is 38.2 cm³/mol. The highest BCUT2D eigenvalue weighted by atomic mass is 35.5. The topological polar surface area (TPSA) is 35.5 Å². The molecule has 0 aromatic rings. The summed E-state index contributed by atoms with van der Waals surface area (Å²) in [5.41, 5.74) is -1.39. The molecule has 10 heavy (non-hydrogen) atoms. The van der Waals surface area contributed by atoms with Crippen LogP contribution in [0, 0.1) is 0 Å². The van der Waals surface area contributed by atoms with E-state index in [9.17, 15) is 4.79 Å². The fraction of sp³-hybridized carbons (Fsp3) is 0.800. The van der Waals surface area contributed by atoms with Crippen LogP contribution in [0.4, 0.5) is 4.79 Å². The van der Waals surface area contributed by atoms with Crippen molar-refractivity contribution in [3.05, 3.63) is 0 Å². The van der Waals surface area contributed by atoms with Crippen LogP contribution in [-0.4, -0.2) is 17.3 Å². The highest BCUT2D eigenvalue weighted by molar-refractivity contribution is 6.61.